The summed E-state index contributed by atoms with van der Waals surface area (Å²) >= 11 is 0. The van der Waals surface area contributed by atoms with Crippen LogP contribution < -0.4 is 5.32 Å². The van der Waals surface area contributed by atoms with E-state index in [1.54, 1.807) is 0 Å². The highest BCUT2D eigenvalue weighted by Gasteiger charge is 2.32. The van der Waals surface area contributed by atoms with Gasteiger partial charge >= 0.3 is 0 Å². The molecule has 2 unspecified atom stereocenters. The SMILES string of the molecule is CCn1ccnc1CC(NC)C1Cc2ccccc21. The van der Waals surface area contributed by atoms with Crippen molar-refractivity contribution in [3.63, 3.8) is 0 Å². The first-order chi connectivity index (χ1) is 9.33. The van der Waals surface area contributed by atoms with E-state index in [1.165, 1.54) is 23.4 Å². The Morgan fingerprint density at radius 1 is 1.42 bits per heavy atom. The van der Waals surface area contributed by atoms with E-state index in [-0.39, 0.29) is 0 Å². The van der Waals surface area contributed by atoms with Crippen molar-refractivity contribution in [3.8, 4) is 0 Å². The third-order valence-electron chi connectivity index (χ3n) is 4.30. The first-order valence-electron chi connectivity index (χ1n) is 7.08. The van der Waals surface area contributed by atoms with E-state index in [0.29, 0.717) is 12.0 Å². The van der Waals surface area contributed by atoms with E-state index in [9.17, 15) is 0 Å². The molecule has 19 heavy (non-hydrogen) atoms. The van der Waals surface area contributed by atoms with Gasteiger partial charge < -0.3 is 9.88 Å². The van der Waals surface area contributed by atoms with Gasteiger partial charge in [-0.2, -0.15) is 0 Å². The highest BCUT2D eigenvalue weighted by atomic mass is 15.1. The number of hydrogen-bond donors (Lipinski definition) is 1. The number of fused-ring (bicyclic) bond motifs is 1. The van der Waals surface area contributed by atoms with Gasteiger partial charge in [0.05, 0.1) is 0 Å². The maximum absolute atomic E-state index is 4.49. The van der Waals surface area contributed by atoms with E-state index in [4.69, 9.17) is 0 Å². The predicted octanol–water partition coefficient (Wildman–Crippen LogP) is 2.37. The molecule has 0 amide bonds. The van der Waals surface area contributed by atoms with Crippen LogP contribution in [0, 0.1) is 0 Å². The molecule has 1 aromatic carbocycles. The summed E-state index contributed by atoms with van der Waals surface area (Å²) in [4.78, 5) is 4.49. The smallest absolute Gasteiger partial charge is 0.110 e. The van der Waals surface area contributed by atoms with Crippen molar-refractivity contribution in [2.45, 2.75) is 38.3 Å². The normalized spacial score (nSPS) is 18.7. The first kappa shape index (κ1) is 12.4. The molecule has 0 fully saturated rings. The van der Waals surface area contributed by atoms with Crippen LogP contribution in [0.15, 0.2) is 36.7 Å². The Morgan fingerprint density at radius 3 is 3.00 bits per heavy atom. The zero-order chi connectivity index (χ0) is 13.2. The number of imidazole rings is 1. The molecule has 1 aromatic heterocycles. The molecule has 2 aromatic rings. The average molecular weight is 255 g/mol. The van der Waals surface area contributed by atoms with Crippen molar-refractivity contribution in [1.82, 2.24) is 14.9 Å². The summed E-state index contributed by atoms with van der Waals surface area (Å²) in [5.41, 5.74) is 3.02. The van der Waals surface area contributed by atoms with E-state index in [2.05, 4.69) is 59.3 Å². The molecule has 0 saturated carbocycles. The Balaban J connectivity index is 1.77. The lowest BCUT2D eigenvalue weighted by molar-refractivity contribution is 0.411. The Hall–Kier alpha value is -1.61. The molecule has 1 N–H and O–H groups in total. The van der Waals surface area contributed by atoms with E-state index < -0.39 is 0 Å². The predicted molar refractivity (Wildman–Crippen MR) is 77.3 cm³/mol. The Morgan fingerprint density at radius 2 is 2.26 bits per heavy atom. The second kappa shape index (κ2) is 5.17. The second-order valence-electron chi connectivity index (χ2n) is 5.24. The highest BCUT2D eigenvalue weighted by Crippen LogP contribution is 2.38. The summed E-state index contributed by atoms with van der Waals surface area (Å²) in [6.45, 7) is 3.16. The summed E-state index contributed by atoms with van der Waals surface area (Å²) in [5, 5.41) is 3.48. The van der Waals surface area contributed by atoms with E-state index >= 15 is 0 Å². The average Bonchev–Trinajstić information content (AvgIpc) is 2.86. The molecular formula is C16H21N3. The molecule has 1 heterocycles. The number of nitrogens with zero attached hydrogens (tertiary/aromatic N) is 2. The van der Waals surface area contributed by atoms with Gasteiger partial charge in [-0.15, -0.1) is 0 Å². The van der Waals surface area contributed by atoms with E-state index in [1.807, 2.05) is 6.20 Å². The minimum absolute atomic E-state index is 0.475. The number of rotatable bonds is 5. The second-order valence-corrected chi connectivity index (χ2v) is 5.24. The Bertz CT molecular complexity index is 559. The third-order valence-corrected chi connectivity index (χ3v) is 4.30. The first-order valence-corrected chi connectivity index (χ1v) is 7.08. The zero-order valence-corrected chi connectivity index (χ0v) is 11.6. The van der Waals surface area contributed by atoms with Gasteiger partial charge in [0, 0.05) is 37.3 Å². The van der Waals surface area contributed by atoms with Crippen LogP contribution in [0.1, 0.15) is 29.8 Å². The Labute approximate surface area is 114 Å². The minimum Gasteiger partial charge on any atom is -0.335 e. The lowest BCUT2D eigenvalue weighted by atomic mass is 9.72. The number of likely N-dealkylation sites (N-methyl/N-ethyl adjacent to an activating group) is 1. The fraction of sp³-hybridized carbons (Fsp3) is 0.438. The van der Waals surface area contributed by atoms with Crippen molar-refractivity contribution < 1.29 is 0 Å². The van der Waals surface area contributed by atoms with Gasteiger partial charge in [0.25, 0.3) is 0 Å². The van der Waals surface area contributed by atoms with Crippen LogP contribution >= 0.6 is 0 Å². The van der Waals surface area contributed by atoms with Gasteiger partial charge in [-0.1, -0.05) is 24.3 Å². The standard InChI is InChI=1S/C16H21N3/c1-3-19-9-8-18-16(19)11-15(17-2)14-10-12-6-4-5-7-13(12)14/h4-9,14-15,17H,3,10-11H2,1-2H3. The summed E-state index contributed by atoms with van der Waals surface area (Å²) in [7, 11) is 2.06. The molecule has 0 spiro atoms. The van der Waals surface area contributed by atoms with Gasteiger partial charge in [-0.3, -0.25) is 0 Å². The third kappa shape index (κ3) is 2.19. The van der Waals surface area contributed by atoms with Crippen molar-refractivity contribution >= 4 is 0 Å². The summed E-state index contributed by atoms with van der Waals surface area (Å²) in [5.74, 6) is 1.81. The molecule has 100 valence electrons. The van der Waals surface area contributed by atoms with E-state index in [0.717, 1.165) is 13.0 Å². The molecule has 1 aliphatic rings. The number of nitrogens with one attached hydrogen (secondary N) is 1. The van der Waals surface area contributed by atoms with Crippen molar-refractivity contribution in [2.75, 3.05) is 7.05 Å². The molecule has 3 nitrogen and oxygen atoms in total. The van der Waals surface area contributed by atoms with Crippen molar-refractivity contribution in [3.05, 3.63) is 53.6 Å². The fourth-order valence-electron chi connectivity index (χ4n) is 3.12. The molecule has 0 saturated heterocycles. The molecular weight excluding hydrogens is 234 g/mol. The minimum atomic E-state index is 0.475. The number of aromatic nitrogens is 2. The number of hydrogen-bond acceptors (Lipinski definition) is 2. The lowest BCUT2D eigenvalue weighted by Gasteiger charge is -2.36. The molecule has 0 bridgehead atoms. The summed E-state index contributed by atoms with van der Waals surface area (Å²) in [6.07, 6.45) is 6.15. The maximum Gasteiger partial charge on any atom is 0.110 e. The molecule has 0 radical (unpaired) electrons. The van der Waals surface area contributed by atoms with Gasteiger partial charge in [0.1, 0.15) is 5.82 Å². The van der Waals surface area contributed by atoms with Gasteiger partial charge in [-0.05, 0) is 31.5 Å². The largest absolute Gasteiger partial charge is 0.335 e. The summed E-state index contributed by atoms with van der Waals surface area (Å²) in [6, 6.07) is 9.26. The monoisotopic (exact) mass is 255 g/mol. The summed E-state index contributed by atoms with van der Waals surface area (Å²) < 4.78 is 2.23. The highest BCUT2D eigenvalue weighted by molar-refractivity contribution is 5.41. The molecule has 3 heteroatoms. The zero-order valence-electron chi connectivity index (χ0n) is 11.6. The number of aryl methyl sites for hydroxylation is 1. The van der Waals surface area contributed by atoms with Crippen molar-refractivity contribution in [2.24, 2.45) is 0 Å². The Kier molecular flexibility index (Phi) is 3.38. The van der Waals surface area contributed by atoms with Crippen LogP contribution in [-0.4, -0.2) is 22.6 Å². The van der Waals surface area contributed by atoms with Gasteiger partial charge in [0.15, 0.2) is 0 Å². The topological polar surface area (TPSA) is 29.9 Å². The van der Waals surface area contributed by atoms with Crippen LogP contribution in [0.5, 0.6) is 0 Å². The van der Waals surface area contributed by atoms with Crippen LogP contribution in [0.3, 0.4) is 0 Å². The molecule has 2 atom stereocenters. The molecule has 0 aliphatic heterocycles. The van der Waals surface area contributed by atoms with Crippen LogP contribution in [0.25, 0.3) is 0 Å². The van der Waals surface area contributed by atoms with Crippen LogP contribution in [-0.2, 0) is 19.4 Å². The van der Waals surface area contributed by atoms with Gasteiger partial charge in [0.2, 0.25) is 0 Å². The lowest BCUT2D eigenvalue weighted by Crippen LogP contribution is -2.40. The van der Waals surface area contributed by atoms with Crippen LogP contribution in [0.2, 0.25) is 0 Å². The molecule has 1 aliphatic carbocycles. The van der Waals surface area contributed by atoms with Gasteiger partial charge in [-0.25, -0.2) is 4.98 Å². The quantitative estimate of drug-likeness (QED) is 0.889. The van der Waals surface area contributed by atoms with Crippen LogP contribution in [0.4, 0.5) is 0 Å². The van der Waals surface area contributed by atoms with Crippen molar-refractivity contribution in [1.29, 1.82) is 0 Å². The molecule has 3 rings (SSSR count). The number of benzene rings is 1. The maximum atomic E-state index is 4.49. The fourth-order valence-corrected chi connectivity index (χ4v) is 3.12.